The van der Waals surface area contributed by atoms with Crippen molar-refractivity contribution in [2.24, 2.45) is 0 Å². The molecule has 0 bridgehead atoms. The van der Waals surface area contributed by atoms with Gasteiger partial charge in [-0.1, -0.05) is 91.0 Å². The van der Waals surface area contributed by atoms with E-state index in [1.807, 2.05) is 6.07 Å². The SMILES string of the molecule is OCc1ccccc1O.OCc1ccccc1O.OCc1ccccc1O.OCc1ccccc1O.Oc1ccccc1. The second-order valence-corrected chi connectivity index (χ2v) is 8.48. The van der Waals surface area contributed by atoms with E-state index in [4.69, 9.17) is 46.0 Å². The molecular formula is C34H38O9. The van der Waals surface area contributed by atoms with E-state index in [0.29, 0.717) is 28.0 Å². The number of para-hydroxylation sites is 5. The number of phenols is 5. The second kappa shape index (κ2) is 21.7. The quantitative estimate of drug-likeness (QED) is 0.140. The Morgan fingerprint density at radius 2 is 0.488 bits per heavy atom. The molecule has 0 aromatic heterocycles. The van der Waals surface area contributed by atoms with E-state index in [1.54, 1.807) is 121 Å². The predicted molar refractivity (Wildman–Crippen MR) is 164 cm³/mol. The number of aliphatic hydroxyl groups is 4. The zero-order chi connectivity index (χ0) is 31.9. The maximum atomic E-state index is 8.95. The van der Waals surface area contributed by atoms with Gasteiger partial charge in [0.05, 0.1) is 26.4 Å². The Morgan fingerprint density at radius 1 is 0.279 bits per heavy atom. The molecule has 0 radical (unpaired) electrons. The van der Waals surface area contributed by atoms with E-state index in [-0.39, 0.29) is 49.4 Å². The molecular weight excluding hydrogens is 552 g/mol. The zero-order valence-corrected chi connectivity index (χ0v) is 23.5. The molecule has 5 aromatic carbocycles. The molecule has 9 N–H and O–H groups in total. The summed E-state index contributed by atoms with van der Waals surface area (Å²) in [6, 6.07) is 35.5. The molecule has 0 heterocycles. The van der Waals surface area contributed by atoms with Crippen molar-refractivity contribution in [3.05, 3.63) is 150 Å². The van der Waals surface area contributed by atoms with Gasteiger partial charge in [-0.15, -0.1) is 0 Å². The van der Waals surface area contributed by atoms with Crippen molar-refractivity contribution in [3.63, 3.8) is 0 Å². The molecule has 0 saturated heterocycles. The fraction of sp³-hybridized carbons (Fsp3) is 0.118. The molecule has 43 heavy (non-hydrogen) atoms. The van der Waals surface area contributed by atoms with E-state index in [9.17, 15) is 0 Å². The Morgan fingerprint density at radius 3 is 0.628 bits per heavy atom. The van der Waals surface area contributed by atoms with Crippen molar-refractivity contribution in [2.45, 2.75) is 26.4 Å². The van der Waals surface area contributed by atoms with Crippen LogP contribution in [-0.4, -0.2) is 46.0 Å². The van der Waals surface area contributed by atoms with Gasteiger partial charge in [0, 0.05) is 22.3 Å². The topological polar surface area (TPSA) is 182 Å². The van der Waals surface area contributed by atoms with Crippen LogP contribution in [0.15, 0.2) is 127 Å². The van der Waals surface area contributed by atoms with E-state index < -0.39 is 0 Å². The first kappa shape index (κ1) is 36.0. The van der Waals surface area contributed by atoms with Crippen molar-refractivity contribution in [1.82, 2.24) is 0 Å². The van der Waals surface area contributed by atoms with Gasteiger partial charge in [0.15, 0.2) is 0 Å². The van der Waals surface area contributed by atoms with E-state index in [0.717, 1.165) is 0 Å². The van der Waals surface area contributed by atoms with Crippen LogP contribution in [0.2, 0.25) is 0 Å². The highest BCUT2D eigenvalue weighted by atomic mass is 16.3. The smallest absolute Gasteiger partial charge is 0.121 e. The average Bonchev–Trinajstić information content (AvgIpc) is 3.04. The maximum Gasteiger partial charge on any atom is 0.121 e. The lowest BCUT2D eigenvalue weighted by atomic mass is 10.2. The summed E-state index contributed by atoms with van der Waals surface area (Å²) in [5, 5.41) is 78.7. The highest BCUT2D eigenvalue weighted by Crippen LogP contribution is 2.16. The number of aliphatic hydroxyl groups excluding tert-OH is 4. The fourth-order valence-electron chi connectivity index (χ4n) is 3.01. The third-order valence-electron chi connectivity index (χ3n) is 5.40. The van der Waals surface area contributed by atoms with Crippen LogP contribution < -0.4 is 0 Å². The number of benzene rings is 5. The van der Waals surface area contributed by atoms with Crippen molar-refractivity contribution in [3.8, 4) is 28.7 Å². The van der Waals surface area contributed by atoms with Crippen LogP contribution >= 0.6 is 0 Å². The predicted octanol–water partition coefficient (Wildman–Crippen LogP) is 4.93. The monoisotopic (exact) mass is 590 g/mol. The van der Waals surface area contributed by atoms with Crippen LogP contribution in [0.25, 0.3) is 0 Å². The summed E-state index contributed by atoms with van der Waals surface area (Å²) in [5.41, 5.74) is 2.27. The summed E-state index contributed by atoms with van der Waals surface area (Å²) in [6.07, 6.45) is 0. The second-order valence-electron chi connectivity index (χ2n) is 8.48. The summed E-state index contributed by atoms with van der Waals surface area (Å²) in [7, 11) is 0. The van der Waals surface area contributed by atoms with Crippen LogP contribution in [0.4, 0.5) is 0 Å². The Kier molecular flexibility index (Phi) is 18.1. The number of phenolic OH excluding ortho intramolecular Hbond substituents is 1. The van der Waals surface area contributed by atoms with E-state index in [1.165, 1.54) is 0 Å². The number of hydrogen-bond acceptors (Lipinski definition) is 9. The van der Waals surface area contributed by atoms with Crippen molar-refractivity contribution < 1.29 is 46.0 Å². The van der Waals surface area contributed by atoms with Gasteiger partial charge >= 0.3 is 0 Å². The fourth-order valence-corrected chi connectivity index (χ4v) is 3.01. The standard InChI is InChI=1S/4C7H8O2.C6H6O/c4*8-5-6-3-1-2-4-7(6)9;7-6-4-2-1-3-5-6/h4*1-4,8-9H,5H2;1-5,7H. The van der Waals surface area contributed by atoms with Gasteiger partial charge in [-0.25, -0.2) is 0 Å². The lowest BCUT2D eigenvalue weighted by Crippen LogP contribution is -1.80. The average molecular weight is 591 g/mol. The van der Waals surface area contributed by atoms with Gasteiger partial charge in [-0.05, 0) is 36.4 Å². The summed E-state index contributed by atoms with van der Waals surface area (Å²) in [4.78, 5) is 0. The van der Waals surface area contributed by atoms with Gasteiger partial charge in [0.25, 0.3) is 0 Å². The third kappa shape index (κ3) is 14.9. The lowest BCUT2D eigenvalue weighted by molar-refractivity contribution is 0.275. The molecule has 9 nitrogen and oxygen atoms in total. The minimum absolute atomic E-state index is 0.104. The molecule has 5 aromatic rings. The van der Waals surface area contributed by atoms with Crippen molar-refractivity contribution in [1.29, 1.82) is 0 Å². The summed E-state index contributed by atoms with van der Waals surface area (Å²) in [5.74, 6) is 0.933. The minimum Gasteiger partial charge on any atom is -0.508 e. The molecule has 0 amide bonds. The number of hydrogen-bond donors (Lipinski definition) is 9. The van der Waals surface area contributed by atoms with Crippen LogP contribution in [-0.2, 0) is 26.4 Å². The molecule has 9 heteroatoms. The first-order valence-corrected chi connectivity index (χ1v) is 13.0. The third-order valence-corrected chi connectivity index (χ3v) is 5.40. The van der Waals surface area contributed by atoms with Gasteiger partial charge in [-0.3, -0.25) is 0 Å². The van der Waals surface area contributed by atoms with E-state index in [2.05, 4.69) is 0 Å². The molecule has 0 unspecified atom stereocenters. The van der Waals surface area contributed by atoms with Gasteiger partial charge in [-0.2, -0.15) is 0 Å². The van der Waals surface area contributed by atoms with Crippen molar-refractivity contribution in [2.75, 3.05) is 0 Å². The van der Waals surface area contributed by atoms with Gasteiger partial charge < -0.3 is 46.0 Å². The van der Waals surface area contributed by atoms with Gasteiger partial charge in [0.1, 0.15) is 28.7 Å². The largest absolute Gasteiger partial charge is 0.508 e. The highest BCUT2D eigenvalue weighted by molar-refractivity contribution is 5.32. The molecule has 0 atom stereocenters. The minimum atomic E-state index is -0.104. The molecule has 228 valence electrons. The Balaban J connectivity index is 0.000000269. The Bertz CT molecular complexity index is 1240. The molecule has 0 saturated carbocycles. The molecule has 5 rings (SSSR count). The zero-order valence-electron chi connectivity index (χ0n) is 23.5. The van der Waals surface area contributed by atoms with Crippen LogP contribution in [0.1, 0.15) is 22.3 Å². The van der Waals surface area contributed by atoms with Crippen LogP contribution in [0, 0.1) is 0 Å². The molecule has 0 aliphatic heterocycles. The highest BCUT2D eigenvalue weighted by Gasteiger charge is 1.96. The van der Waals surface area contributed by atoms with Crippen LogP contribution in [0.3, 0.4) is 0 Å². The normalized spacial score (nSPS) is 9.30. The Labute approximate surface area is 250 Å². The summed E-state index contributed by atoms with van der Waals surface area (Å²) >= 11 is 0. The number of aromatic hydroxyl groups is 5. The summed E-state index contributed by atoms with van der Waals surface area (Å²) < 4.78 is 0. The Hall–Kier alpha value is -5.06. The summed E-state index contributed by atoms with van der Waals surface area (Å²) in [6.45, 7) is -0.418. The van der Waals surface area contributed by atoms with E-state index >= 15 is 0 Å². The first-order chi connectivity index (χ1) is 20.8. The maximum absolute atomic E-state index is 8.95. The number of rotatable bonds is 4. The lowest BCUT2D eigenvalue weighted by Gasteiger charge is -1.96. The molecule has 0 spiro atoms. The molecule has 0 aliphatic carbocycles. The molecule has 0 aliphatic rings. The first-order valence-electron chi connectivity index (χ1n) is 13.0. The van der Waals surface area contributed by atoms with Crippen LogP contribution in [0.5, 0.6) is 28.7 Å². The van der Waals surface area contributed by atoms with Crippen molar-refractivity contribution >= 4 is 0 Å². The molecule has 0 fully saturated rings. The van der Waals surface area contributed by atoms with Gasteiger partial charge in [0.2, 0.25) is 0 Å².